The molecule has 1 atom stereocenters. The van der Waals surface area contributed by atoms with Crippen molar-refractivity contribution in [1.29, 1.82) is 0 Å². The van der Waals surface area contributed by atoms with Gasteiger partial charge in [-0.25, -0.2) is 4.68 Å². The van der Waals surface area contributed by atoms with E-state index in [1.807, 2.05) is 28.9 Å². The number of aromatic amines is 1. The molecule has 2 aliphatic rings. The van der Waals surface area contributed by atoms with E-state index in [2.05, 4.69) is 49.7 Å². The Morgan fingerprint density at radius 3 is 2.77 bits per heavy atom. The highest BCUT2D eigenvalue weighted by Crippen LogP contribution is 2.38. The predicted octanol–water partition coefficient (Wildman–Crippen LogP) is 4.57. The molecule has 4 aromatic rings. The summed E-state index contributed by atoms with van der Waals surface area (Å²) in [5.41, 5.74) is 3.73. The number of rotatable bonds is 5. The number of nitrogens with one attached hydrogen (secondary N) is 1. The summed E-state index contributed by atoms with van der Waals surface area (Å²) >= 11 is 0. The molecule has 0 saturated heterocycles. The number of hydrogen-bond donors (Lipinski definition) is 1. The Labute approximate surface area is 203 Å². The van der Waals surface area contributed by atoms with E-state index in [0.29, 0.717) is 11.3 Å². The zero-order valence-electron chi connectivity index (χ0n) is 20.0. The van der Waals surface area contributed by atoms with Gasteiger partial charge in [-0.3, -0.25) is 4.79 Å². The van der Waals surface area contributed by atoms with E-state index in [1.54, 1.807) is 7.11 Å². The zero-order valence-corrected chi connectivity index (χ0v) is 20.0. The van der Waals surface area contributed by atoms with Crippen molar-refractivity contribution in [1.82, 2.24) is 25.2 Å². The molecule has 0 unspecified atom stereocenters. The Morgan fingerprint density at radius 2 is 1.91 bits per heavy atom. The molecule has 2 aromatic heterocycles. The summed E-state index contributed by atoms with van der Waals surface area (Å²) in [5, 5.41) is 14.1. The van der Waals surface area contributed by atoms with Crippen LogP contribution < -0.4 is 15.2 Å². The first-order valence-corrected chi connectivity index (χ1v) is 12.6. The first kappa shape index (κ1) is 21.8. The minimum Gasteiger partial charge on any atom is -0.497 e. The molecule has 0 radical (unpaired) electrons. The number of anilines is 1. The number of methoxy groups -OCH3 is 1. The highest BCUT2D eigenvalue weighted by atomic mass is 16.5. The van der Waals surface area contributed by atoms with Crippen molar-refractivity contribution >= 4 is 16.6 Å². The van der Waals surface area contributed by atoms with Crippen LogP contribution in [0, 0.1) is 0 Å². The van der Waals surface area contributed by atoms with E-state index in [1.165, 1.54) is 24.8 Å². The van der Waals surface area contributed by atoms with Crippen molar-refractivity contribution < 1.29 is 4.74 Å². The van der Waals surface area contributed by atoms with Gasteiger partial charge in [0.1, 0.15) is 11.8 Å². The quantitative estimate of drug-likeness (QED) is 0.460. The molecule has 8 heteroatoms. The fraction of sp³-hybridized carbons (Fsp3) is 0.407. The fourth-order valence-electron chi connectivity index (χ4n) is 5.77. The molecule has 35 heavy (non-hydrogen) atoms. The Balaban J connectivity index is 1.54. The molecule has 0 spiro atoms. The van der Waals surface area contributed by atoms with Gasteiger partial charge in [0, 0.05) is 23.9 Å². The lowest BCUT2D eigenvalue weighted by Crippen LogP contribution is -2.39. The van der Waals surface area contributed by atoms with Crippen LogP contribution in [-0.2, 0) is 6.42 Å². The highest BCUT2D eigenvalue weighted by molar-refractivity contribution is 5.81. The van der Waals surface area contributed by atoms with E-state index in [-0.39, 0.29) is 17.6 Å². The van der Waals surface area contributed by atoms with Gasteiger partial charge in [-0.15, -0.1) is 5.10 Å². The van der Waals surface area contributed by atoms with Crippen molar-refractivity contribution in [2.75, 3.05) is 18.6 Å². The van der Waals surface area contributed by atoms with Crippen molar-refractivity contribution in [3.63, 3.8) is 0 Å². The van der Waals surface area contributed by atoms with Gasteiger partial charge < -0.3 is 14.6 Å². The normalized spacial score (nSPS) is 17.3. The van der Waals surface area contributed by atoms with Crippen LogP contribution in [0.5, 0.6) is 5.75 Å². The van der Waals surface area contributed by atoms with Crippen LogP contribution in [0.25, 0.3) is 10.9 Å². The number of pyridine rings is 1. The third-order valence-corrected chi connectivity index (χ3v) is 7.52. The first-order valence-electron chi connectivity index (χ1n) is 12.6. The standard InChI is InChI=1S/C27H30N6O2/c1-35-21-14-13-19-16-22(27(34)28-23(19)17-21)25(32-15-7-9-18-8-5-6-12-24(18)32)26-29-30-31-33(26)20-10-3-2-4-11-20/h5-6,8,12-14,16-17,20,25H,2-4,7,9-11,15H2,1H3,(H,28,34)/t25-/m1/s1. The predicted molar refractivity (Wildman–Crippen MR) is 135 cm³/mol. The molecule has 6 rings (SSSR count). The van der Waals surface area contributed by atoms with Gasteiger partial charge in [0.25, 0.3) is 5.56 Å². The lowest BCUT2D eigenvalue weighted by atomic mass is 9.94. The number of fused-ring (bicyclic) bond motifs is 2. The molecule has 8 nitrogen and oxygen atoms in total. The number of benzene rings is 2. The Hall–Kier alpha value is -3.68. The van der Waals surface area contributed by atoms with Crippen LogP contribution in [0.2, 0.25) is 0 Å². The molecule has 0 amide bonds. The minimum absolute atomic E-state index is 0.128. The monoisotopic (exact) mass is 470 g/mol. The van der Waals surface area contributed by atoms with Crippen molar-refractivity contribution in [2.24, 2.45) is 0 Å². The van der Waals surface area contributed by atoms with Gasteiger partial charge in [-0.05, 0) is 71.3 Å². The minimum atomic E-state index is -0.386. The third-order valence-electron chi connectivity index (χ3n) is 7.52. The largest absolute Gasteiger partial charge is 0.497 e. The van der Waals surface area contributed by atoms with Crippen LogP contribution in [0.4, 0.5) is 5.69 Å². The van der Waals surface area contributed by atoms with Gasteiger partial charge in [-0.1, -0.05) is 37.5 Å². The number of aryl methyl sites for hydroxylation is 1. The summed E-state index contributed by atoms with van der Waals surface area (Å²) < 4.78 is 7.35. The van der Waals surface area contributed by atoms with Crippen LogP contribution in [0.1, 0.15) is 67.6 Å². The molecule has 1 N–H and O–H groups in total. The second kappa shape index (κ2) is 9.17. The lowest BCUT2D eigenvalue weighted by molar-refractivity contribution is 0.313. The van der Waals surface area contributed by atoms with Gasteiger partial charge in [0.2, 0.25) is 0 Å². The first-order chi connectivity index (χ1) is 17.2. The molecular formula is C27H30N6O2. The molecular weight excluding hydrogens is 440 g/mol. The molecule has 1 fully saturated rings. The summed E-state index contributed by atoms with van der Waals surface area (Å²) in [5.74, 6) is 1.45. The van der Waals surface area contributed by atoms with Crippen molar-refractivity contribution in [2.45, 2.75) is 57.0 Å². The SMILES string of the molecule is COc1ccc2cc([C@H](c3nnnn3C3CCCCC3)N3CCCc4ccccc43)c(=O)[nH]c2c1. The van der Waals surface area contributed by atoms with Crippen LogP contribution in [-0.4, -0.2) is 38.8 Å². The Kier molecular flexibility index (Phi) is 5.72. The van der Waals surface area contributed by atoms with Gasteiger partial charge in [0.05, 0.1) is 18.7 Å². The fourth-order valence-corrected chi connectivity index (χ4v) is 5.77. The number of tetrazole rings is 1. The van der Waals surface area contributed by atoms with Crippen LogP contribution in [0.3, 0.4) is 0 Å². The van der Waals surface area contributed by atoms with Crippen LogP contribution >= 0.6 is 0 Å². The molecule has 1 aliphatic heterocycles. The molecule has 0 bridgehead atoms. The van der Waals surface area contributed by atoms with Gasteiger partial charge in [0.15, 0.2) is 5.82 Å². The zero-order chi connectivity index (χ0) is 23.8. The number of para-hydroxylation sites is 1. The summed E-state index contributed by atoms with van der Waals surface area (Å²) in [6, 6.07) is 16.1. The molecule has 1 aliphatic carbocycles. The Morgan fingerprint density at radius 1 is 1.06 bits per heavy atom. The van der Waals surface area contributed by atoms with E-state index in [9.17, 15) is 4.79 Å². The van der Waals surface area contributed by atoms with Gasteiger partial charge >= 0.3 is 0 Å². The van der Waals surface area contributed by atoms with Gasteiger partial charge in [-0.2, -0.15) is 0 Å². The summed E-state index contributed by atoms with van der Waals surface area (Å²) in [6.07, 6.45) is 7.79. The van der Waals surface area contributed by atoms with E-state index < -0.39 is 0 Å². The smallest absolute Gasteiger partial charge is 0.254 e. The van der Waals surface area contributed by atoms with E-state index in [0.717, 1.165) is 54.6 Å². The van der Waals surface area contributed by atoms with Crippen LogP contribution in [0.15, 0.2) is 53.3 Å². The summed E-state index contributed by atoms with van der Waals surface area (Å²) in [4.78, 5) is 19.0. The van der Waals surface area contributed by atoms with E-state index >= 15 is 0 Å². The maximum Gasteiger partial charge on any atom is 0.254 e. The average molecular weight is 471 g/mol. The number of ether oxygens (including phenoxy) is 1. The average Bonchev–Trinajstić information content (AvgIpc) is 3.39. The summed E-state index contributed by atoms with van der Waals surface area (Å²) in [7, 11) is 1.63. The lowest BCUT2D eigenvalue weighted by Gasteiger charge is -2.38. The molecule has 180 valence electrons. The molecule has 1 saturated carbocycles. The van der Waals surface area contributed by atoms with E-state index in [4.69, 9.17) is 4.74 Å². The maximum atomic E-state index is 13.6. The maximum absolute atomic E-state index is 13.6. The molecule has 3 heterocycles. The second-order valence-electron chi connectivity index (χ2n) is 9.61. The molecule has 2 aromatic carbocycles. The number of nitrogens with zero attached hydrogens (tertiary/aromatic N) is 5. The number of H-pyrrole nitrogens is 1. The number of hydrogen-bond acceptors (Lipinski definition) is 6. The highest BCUT2D eigenvalue weighted by Gasteiger charge is 2.34. The summed E-state index contributed by atoms with van der Waals surface area (Å²) in [6.45, 7) is 0.833. The number of aromatic nitrogens is 5. The third kappa shape index (κ3) is 3.96. The van der Waals surface area contributed by atoms with Crippen molar-refractivity contribution in [3.8, 4) is 5.75 Å². The topological polar surface area (TPSA) is 88.9 Å². The Bertz CT molecular complexity index is 1400. The van der Waals surface area contributed by atoms with Crippen molar-refractivity contribution in [3.05, 3.63) is 75.8 Å². The second-order valence-corrected chi connectivity index (χ2v) is 9.61.